The van der Waals surface area contributed by atoms with Crippen LogP contribution in [-0.2, 0) is 35.4 Å². The highest BCUT2D eigenvalue weighted by atomic mass is 35.5. The monoisotopic (exact) mass is 760 g/mol. The van der Waals surface area contributed by atoms with E-state index in [-0.39, 0.29) is 36.2 Å². The topological polar surface area (TPSA) is 120 Å². The van der Waals surface area contributed by atoms with E-state index in [0.717, 1.165) is 73.5 Å². The predicted molar refractivity (Wildman–Crippen MR) is 204 cm³/mol. The number of amides is 2. The van der Waals surface area contributed by atoms with Gasteiger partial charge in [0.05, 0.1) is 18.7 Å². The van der Waals surface area contributed by atoms with Crippen LogP contribution in [0.2, 0.25) is 5.02 Å². The lowest BCUT2D eigenvalue weighted by Crippen LogP contribution is -2.70. The Balaban J connectivity index is 0.925. The molecule has 2 saturated carbocycles. The number of carbonyl (C=O) groups excluding carboxylic acids is 2. The van der Waals surface area contributed by atoms with Gasteiger partial charge in [-0.2, -0.15) is 0 Å². The third-order valence-corrected chi connectivity index (χ3v) is 12.9. The highest BCUT2D eigenvalue weighted by molar-refractivity contribution is 6.31. The van der Waals surface area contributed by atoms with Crippen molar-refractivity contribution in [1.82, 2.24) is 15.2 Å². The summed E-state index contributed by atoms with van der Waals surface area (Å²) >= 11 is 6.19. The first-order valence-corrected chi connectivity index (χ1v) is 20.3. The second-order valence-electron chi connectivity index (χ2n) is 16.4. The number of hydrogen-bond acceptors (Lipinski definition) is 9. The average molecular weight is 761 g/mol. The molecule has 6 fully saturated rings. The van der Waals surface area contributed by atoms with Crippen molar-refractivity contribution < 1.29 is 33.6 Å². The number of nitrogens with one attached hydrogen (secondary N) is 2. The lowest BCUT2D eigenvalue weighted by Gasteiger charge is -2.60. The third kappa shape index (κ3) is 7.47. The van der Waals surface area contributed by atoms with Crippen molar-refractivity contribution in [2.75, 3.05) is 25.0 Å². The number of rotatable bonds is 11. The zero-order chi connectivity index (χ0) is 37.5. The van der Waals surface area contributed by atoms with Gasteiger partial charge in [-0.1, -0.05) is 56.8 Å². The molecule has 54 heavy (non-hydrogen) atoms. The molecular formula is C42H53ClN4O7. The number of pyridine rings is 1. The number of anilines is 1. The van der Waals surface area contributed by atoms with E-state index in [1.54, 1.807) is 11.1 Å². The van der Waals surface area contributed by atoms with Crippen LogP contribution in [0, 0.1) is 23.7 Å². The predicted octanol–water partition coefficient (Wildman–Crippen LogP) is 7.62. The van der Waals surface area contributed by atoms with Crippen molar-refractivity contribution in [3.63, 3.8) is 0 Å². The molecule has 2 aliphatic carbocycles. The molecule has 1 spiro atoms. The van der Waals surface area contributed by atoms with Crippen LogP contribution in [0.5, 0.6) is 0 Å². The Bertz CT molecular complexity index is 1820. The molecule has 8 atom stereocenters. The summed E-state index contributed by atoms with van der Waals surface area (Å²) in [7, 11) is 0. The first kappa shape index (κ1) is 37.6. The number of aromatic nitrogens is 1. The number of benzene rings is 2. The van der Waals surface area contributed by atoms with Gasteiger partial charge in [0.2, 0.25) is 11.7 Å². The molecule has 4 saturated heterocycles. The van der Waals surface area contributed by atoms with Crippen LogP contribution in [-0.4, -0.2) is 71.3 Å². The highest BCUT2D eigenvalue weighted by Gasteiger charge is 2.69. The van der Waals surface area contributed by atoms with E-state index < -0.39 is 24.0 Å². The van der Waals surface area contributed by atoms with Crippen LogP contribution in [0.1, 0.15) is 94.5 Å². The van der Waals surface area contributed by atoms with Crippen molar-refractivity contribution in [3.8, 4) is 0 Å². The molecule has 11 nitrogen and oxygen atoms in total. The van der Waals surface area contributed by atoms with Crippen molar-refractivity contribution in [2.45, 2.75) is 115 Å². The molecule has 0 radical (unpaired) electrons. The zero-order valence-electron chi connectivity index (χ0n) is 31.6. The molecule has 4 aliphatic heterocycles. The molecule has 9 rings (SSSR count). The maximum absolute atomic E-state index is 14.0. The van der Waals surface area contributed by atoms with Gasteiger partial charge in [0, 0.05) is 65.2 Å². The Morgan fingerprint density at radius 1 is 0.981 bits per heavy atom. The Morgan fingerprint density at radius 2 is 1.80 bits per heavy atom. The molecule has 5 heterocycles. The largest absolute Gasteiger partial charge is 0.383 e. The molecule has 6 aliphatic rings. The van der Waals surface area contributed by atoms with Gasteiger partial charge in [-0.3, -0.25) is 14.6 Å². The van der Waals surface area contributed by atoms with E-state index in [1.165, 1.54) is 6.42 Å². The molecule has 290 valence electrons. The van der Waals surface area contributed by atoms with Crippen LogP contribution in [0.4, 0.5) is 5.69 Å². The summed E-state index contributed by atoms with van der Waals surface area (Å²) in [5.41, 5.74) is 2.46. The van der Waals surface area contributed by atoms with Crippen LogP contribution in [0.3, 0.4) is 0 Å². The summed E-state index contributed by atoms with van der Waals surface area (Å²) in [6.07, 6.45) is 9.94. The van der Waals surface area contributed by atoms with Crippen LogP contribution < -0.4 is 10.6 Å². The number of nitrogens with zero attached hydrogens (tertiary/aromatic N) is 2. The van der Waals surface area contributed by atoms with Crippen LogP contribution in [0.25, 0.3) is 10.9 Å². The molecule has 3 aromatic rings. The summed E-state index contributed by atoms with van der Waals surface area (Å²) in [5, 5.41) is 8.17. The molecule has 2 amide bonds. The normalized spacial score (nSPS) is 32.1. The maximum Gasteiger partial charge on any atom is 0.254 e. The van der Waals surface area contributed by atoms with Gasteiger partial charge >= 0.3 is 0 Å². The minimum atomic E-state index is -0.840. The van der Waals surface area contributed by atoms with E-state index >= 15 is 0 Å². The second-order valence-corrected chi connectivity index (χ2v) is 16.8. The van der Waals surface area contributed by atoms with Crippen molar-refractivity contribution >= 4 is 40.0 Å². The summed E-state index contributed by atoms with van der Waals surface area (Å²) < 4.78 is 19.5. The minimum Gasteiger partial charge on any atom is -0.383 e. The van der Waals surface area contributed by atoms with Gasteiger partial charge in [0.1, 0.15) is 0 Å². The van der Waals surface area contributed by atoms with E-state index in [0.29, 0.717) is 42.1 Å². The fourth-order valence-electron chi connectivity index (χ4n) is 9.71. The summed E-state index contributed by atoms with van der Waals surface area (Å²) in [5.74, 6) is -0.153. The average Bonchev–Trinajstić information content (AvgIpc) is 3.41. The molecule has 0 unspecified atom stereocenters. The quantitative estimate of drug-likeness (QED) is 0.190. The SMILES string of the molecule is C[C@H]1[C@@H](OCc2ccc(C(=O)N(CCNc3ccnc4cc(Cl)ccc34)CC(=O)NC3CCCCC3)cc2)O[C@@H]2O[C@@]3(C)CC[C@H]4[C@H](C)CC[C@@H]1[C@@]24OO3. The van der Waals surface area contributed by atoms with Crippen LogP contribution in [0.15, 0.2) is 54.7 Å². The van der Waals surface area contributed by atoms with Gasteiger partial charge < -0.3 is 29.7 Å². The maximum atomic E-state index is 14.0. The fraction of sp³-hybridized carbons (Fsp3) is 0.595. The van der Waals surface area contributed by atoms with Crippen molar-refractivity contribution in [2.24, 2.45) is 23.7 Å². The lowest BCUT2D eigenvalue weighted by molar-refractivity contribution is -0.577. The van der Waals surface area contributed by atoms with Gasteiger partial charge in [-0.25, -0.2) is 9.78 Å². The number of carbonyl (C=O) groups is 2. The van der Waals surface area contributed by atoms with Crippen molar-refractivity contribution in [1.29, 1.82) is 0 Å². The molecular weight excluding hydrogens is 708 g/mol. The van der Waals surface area contributed by atoms with Gasteiger partial charge in [-0.05, 0) is 92.8 Å². The molecule has 2 bridgehead atoms. The van der Waals surface area contributed by atoms with Crippen LogP contribution >= 0.6 is 11.6 Å². The Labute approximate surface area is 322 Å². The first-order valence-electron chi connectivity index (χ1n) is 19.9. The highest BCUT2D eigenvalue weighted by Crippen LogP contribution is 2.60. The van der Waals surface area contributed by atoms with Gasteiger partial charge in [0.25, 0.3) is 5.91 Å². The summed E-state index contributed by atoms with van der Waals surface area (Å²) in [6.45, 7) is 7.48. The van der Waals surface area contributed by atoms with Gasteiger partial charge in [-0.15, -0.1) is 0 Å². The smallest absolute Gasteiger partial charge is 0.254 e. The molecule has 1 aromatic heterocycles. The Hall–Kier alpha value is -3.32. The van der Waals surface area contributed by atoms with Crippen molar-refractivity contribution in [3.05, 3.63) is 70.9 Å². The number of hydrogen-bond donors (Lipinski definition) is 2. The number of halogens is 1. The molecule has 2 N–H and O–H groups in total. The van der Waals surface area contributed by atoms with E-state index in [4.69, 9.17) is 35.6 Å². The van der Waals surface area contributed by atoms with E-state index in [1.807, 2.05) is 55.5 Å². The summed E-state index contributed by atoms with van der Waals surface area (Å²) in [4.78, 5) is 45.5. The Kier molecular flexibility index (Phi) is 10.9. The zero-order valence-corrected chi connectivity index (χ0v) is 32.3. The van der Waals surface area contributed by atoms with E-state index in [9.17, 15) is 9.59 Å². The molecule has 12 heteroatoms. The second kappa shape index (κ2) is 15.7. The Morgan fingerprint density at radius 3 is 2.61 bits per heavy atom. The number of ether oxygens (including phenoxy) is 3. The molecule has 2 aromatic carbocycles. The summed E-state index contributed by atoms with van der Waals surface area (Å²) in [6, 6.07) is 15.1. The van der Waals surface area contributed by atoms with Gasteiger partial charge in [0.15, 0.2) is 18.2 Å². The lowest BCUT2D eigenvalue weighted by atomic mass is 9.58. The minimum absolute atomic E-state index is 0.0230. The first-order chi connectivity index (χ1) is 26.1. The fourth-order valence-corrected chi connectivity index (χ4v) is 9.88. The number of fused-ring (bicyclic) bond motifs is 3. The third-order valence-electron chi connectivity index (χ3n) is 12.7. The van der Waals surface area contributed by atoms with E-state index in [2.05, 4.69) is 29.5 Å². The standard InChI is InChI=1S/C42H53ClN4O7/c1-26-9-16-34-27(2)39(51-40-42(34)33(26)17-19-41(3,52-40)53-54-42)50-25-28-10-12-29(13-11-28)38(49)47(24-37(48)46-31-7-5-4-6-8-31)22-21-45-35-18-20-44-36-23-30(43)14-15-32(35)36/h10-15,18,20,23,26-27,31,33-34,39-40H,4-9,16-17,19,21-22,24-25H2,1-3H3,(H,44,45)(H,46,48)/t26-,27-,33+,34+,39+,40-,41-,42-/m1/s1.